The summed E-state index contributed by atoms with van der Waals surface area (Å²) >= 11 is 0. The highest BCUT2D eigenvalue weighted by Crippen LogP contribution is 2.25. The molecule has 0 radical (unpaired) electrons. The Balaban J connectivity index is 3.56. The molecule has 14 heavy (non-hydrogen) atoms. The molecule has 0 spiro atoms. The summed E-state index contributed by atoms with van der Waals surface area (Å²) in [6.07, 6.45) is 0. The van der Waals surface area contributed by atoms with E-state index in [0.717, 1.165) is 0 Å². The molecule has 0 aromatic heterocycles. The Morgan fingerprint density at radius 2 is 1.79 bits per heavy atom. The Morgan fingerprint density at radius 1 is 1.21 bits per heavy atom. The molecule has 0 heterocycles. The van der Waals surface area contributed by atoms with E-state index in [1.54, 1.807) is 0 Å². The van der Waals surface area contributed by atoms with Crippen molar-refractivity contribution in [1.29, 1.82) is 0 Å². The van der Waals surface area contributed by atoms with E-state index in [1.807, 2.05) is 0 Å². The second-order valence-corrected chi connectivity index (χ2v) is 8.44. The van der Waals surface area contributed by atoms with Gasteiger partial charge in [0.1, 0.15) is 0 Å². The smallest absolute Gasteiger partial charge is 0.0255 e. The molecule has 0 atom stereocenters. The van der Waals surface area contributed by atoms with Crippen LogP contribution >= 0.6 is 0 Å². The molecule has 0 unspecified atom stereocenters. The summed E-state index contributed by atoms with van der Waals surface area (Å²) in [5, 5.41) is 1.64. The molecule has 0 amide bonds. The average Bonchev–Trinajstić information content (AvgIpc) is 2.07. The maximum atomic E-state index is 4.13. The number of benzene rings is 1. The van der Waals surface area contributed by atoms with E-state index >= 15 is 0 Å². The van der Waals surface area contributed by atoms with Crippen molar-refractivity contribution >= 4 is 15.0 Å². The summed E-state index contributed by atoms with van der Waals surface area (Å²) in [6, 6.07) is 9.87. The van der Waals surface area contributed by atoms with Crippen molar-refractivity contribution in [3.63, 3.8) is 0 Å². The van der Waals surface area contributed by atoms with Crippen LogP contribution in [0.1, 0.15) is 27.7 Å². The lowest BCUT2D eigenvalue weighted by Gasteiger charge is -2.21. The highest BCUT2D eigenvalue weighted by atomic mass is 28.2. The van der Waals surface area contributed by atoms with Crippen LogP contribution in [0.2, 0.25) is 11.1 Å². The third-order valence-electron chi connectivity index (χ3n) is 2.60. The molecule has 1 aromatic carbocycles. The van der Waals surface area contributed by atoms with Crippen LogP contribution < -0.4 is 5.22 Å². The van der Waals surface area contributed by atoms with Crippen LogP contribution in [0.25, 0.3) is 6.58 Å². The monoisotopic (exact) mass is 204 g/mol. The van der Waals surface area contributed by atoms with Gasteiger partial charge in [-0.3, -0.25) is 0 Å². The van der Waals surface area contributed by atoms with Gasteiger partial charge in [-0.15, -0.1) is 0 Å². The second-order valence-electron chi connectivity index (χ2n) is 4.74. The predicted molar refractivity (Wildman–Crippen MR) is 66.4 cm³/mol. The van der Waals surface area contributed by atoms with E-state index in [4.69, 9.17) is 0 Å². The number of hydrogen-bond acceptors (Lipinski definition) is 0. The van der Waals surface area contributed by atoms with Gasteiger partial charge in [0.05, 0.1) is 0 Å². The molecule has 0 saturated heterocycles. The third kappa shape index (κ3) is 2.41. The minimum absolute atomic E-state index is 0.424. The Bertz CT molecular complexity index is 410. The lowest BCUT2D eigenvalue weighted by molar-refractivity contribution is 0.743. The topological polar surface area (TPSA) is 0 Å². The van der Waals surface area contributed by atoms with E-state index in [2.05, 4.69) is 58.5 Å². The first-order valence-electron chi connectivity index (χ1n) is 5.24. The van der Waals surface area contributed by atoms with Crippen LogP contribution in [-0.2, 0) is 0 Å². The van der Waals surface area contributed by atoms with Crippen LogP contribution in [0.3, 0.4) is 0 Å². The SMILES string of the molecule is C=c1cccc/c1=[Si](/CC)C(C)(C)C. The molecule has 0 saturated carbocycles. The zero-order valence-electron chi connectivity index (χ0n) is 9.72. The van der Waals surface area contributed by atoms with E-state index in [1.165, 1.54) is 16.1 Å². The molecule has 0 N–H and O–H groups in total. The molecular formula is C13H20Si. The van der Waals surface area contributed by atoms with Crippen LogP contribution in [0.5, 0.6) is 0 Å². The van der Waals surface area contributed by atoms with Crippen molar-refractivity contribution in [3.8, 4) is 0 Å². The fraction of sp³-hybridized carbons (Fsp3) is 0.462. The predicted octanol–water partition coefficient (Wildman–Crippen LogP) is 3.24. The highest BCUT2D eigenvalue weighted by Gasteiger charge is 2.16. The van der Waals surface area contributed by atoms with Gasteiger partial charge in [-0.05, 0) is 21.1 Å². The second kappa shape index (κ2) is 4.22. The van der Waals surface area contributed by atoms with Gasteiger partial charge in [0.25, 0.3) is 0 Å². The molecule has 76 valence electrons. The number of rotatable bonds is 1. The van der Waals surface area contributed by atoms with Gasteiger partial charge in [-0.25, -0.2) is 0 Å². The maximum absolute atomic E-state index is 4.13. The van der Waals surface area contributed by atoms with Crippen LogP contribution in [0.15, 0.2) is 24.3 Å². The third-order valence-corrected chi connectivity index (χ3v) is 6.26. The number of hydrogen-bond donors (Lipinski definition) is 0. The van der Waals surface area contributed by atoms with Crippen molar-refractivity contribution < 1.29 is 0 Å². The summed E-state index contributed by atoms with van der Waals surface area (Å²) in [4.78, 5) is 1.51. The molecular weight excluding hydrogens is 184 g/mol. The summed E-state index contributed by atoms with van der Waals surface area (Å²) in [5.74, 6) is 0. The van der Waals surface area contributed by atoms with E-state index < -0.39 is 8.41 Å². The highest BCUT2D eigenvalue weighted by molar-refractivity contribution is 6.53. The van der Waals surface area contributed by atoms with E-state index in [9.17, 15) is 0 Å². The Hall–Kier alpha value is -0.693. The van der Waals surface area contributed by atoms with Crippen molar-refractivity contribution in [2.45, 2.75) is 38.8 Å². The van der Waals surface area contributed by atoms with Crippen LogP contribution in [0.4, 0.5) is 0 Å². The van der Waals surface area contributed by atoms with Crippen molar-refractivity contribution in [2.24, 2.45) is 0 Å². The standard InChI is InChI=1S/C13H20Si/c1-6-14(13(3,4)5)12-10-8-7-9-11(12)2/h7-10H,2,6H2,1,3-5H3/b14-12+. The summed E-state index contributed by atoms with van der Waals surface area (Å²) in [7, 11) is -0.470. The van der Waals surface area contributed by atoms with Gasteiger partial charge in [0, 0.05) is 8.41 Å². The van der Waals surface area contributed by atoms with Crippen molar-refractivity contribution in [1.82, 2.24) is 0 Å². The van der Waals surface area contributed by atoms with Crippen molar-refractivity contribution in [2.75, 3.05) is 0 Å². The van der Waals surface area contributed by atoms with Gasteiger partial charge in [-0.2, -0.15) is 0 Å². The lowest BCUT2D eigenvalue weighted by atomic mass is 10.2. The van der Waals surface area contributed by atoms with E-state index in [-0.39, 0.29) is 0 Å². The van der Waals surface area contributed by atoms with E-state index in [0.29, 0.717) is 5.04 Å². The molecule has 0 fully saturated rings. The van der Waals surface area contributed by atoms with Gasteiger partial charge in [0.2, 0.25) is 0 Å². The van der Waals surface area contributed by atoms with Crippen LogP contribution in [0, 0.1) is 4.81 Å². The summed E-state index contributed by atoms with van der Waals surface area (Å²) < 4.78 is 0. The molecule has 0 aliphatic rings. The normalized spacial score (nSPS) is 14.0. The molecule has 0 aliphatic heterocycles. The first kappa shape index (κ1) is 11.4. The van der Waals surface area contributed by atoms with Gasteiger partial charge in [-0.1, -0.05) is 58.5 Å². The largest absolute Gasteiger partial charge is 0.0916 e. The van der Waals surface area contributed by atoms with Gasteiger partial charge >= 0.3 is 0 Å². The zero-order chi connectivity index (χ0) is 10.8. The minimum atomic E-state index is -0.470. The fourth-order valence-corrected chi connectivity index (χ4v) is 4.96. The van der Waals surface area contributed by atoms with Gasteiger partial charge < -0.3 is 0 Å². The Labute approximate surface area is 88.5 Å². The summed E-state index contributed by atoms with van der Waals surface area (Å²) in [5.41, 5.74) is 0. The maximum Gasteiger partial charge on any atom is 0.0255 e. The quantitative estimate of drug-likeness (QED) is 0.616. The zero-order valence-corrected chi connectivity index (χ0v) is 10.7. The fourth-order valence-electron chi connectivity index (χ4n) is 1.94. The van der Waals surface area contributed by atoms with Crippen molar-refractivity contribution in [3.05, 3.63) is 34.3 Å². The first-order valence-corrected chi connectivity index (χ1v) is 6.95. The molecule has 0 aliphatic carbocycles. The van der Waals surface area contributed by atoms with Gasteiger partial charge in [0.15, 0.2) is 0 Å². The molecule has 1 aromatic rings. The molecule has 0 bridgehead atoms. The lowest BCUT2D eigenvalue weighted by Crippen LogP contribution is -2.20. The molecule has 1 heteroatoms. The molecule has 0 nitrogen and oxygen atoms in total. The molecule has 1 rings (SSSR count). The first-order chi connectivity index (χ1) is 6.46. The Kier molecular flexibility index (Phi) is 3.43. The minimum Gasteiger partial charge on any atom is -0.0916 e. The average molecular weight is 204 g/mol. The summed E-state index contributed by atoms with van der Waals surface area (Å²) in [6.45, 7) is 13.5. The van der Waals surface area contributed by atoms with Crippen LogP contribution in [-0.4, -0.2) is 8.41 Å². The Morgan fingerprint density at radius 3 is 2.21 bits per heavy atom.